The van der Waals surface area contributed by atoms with Crippen molar-refractivity contribution in [2.24, 2.45) is 0 Å². The monoisotopic (exact) mass is 250 g/mol. The van der Waals surface area contributed by atoms with E-state index in [9.17, 15) is 0 Å². The number of furan rings is 2. The number of unbranched alkanes of at least 4 members (excludes halogenated alkanes) is 3. The third-order valence-electron chi connectivity index (χ3n) is 3.00. The number of aliphatic hydroxyl groups is 1. The standard InChI is InChI=1S/C10H12O.C6H14O/c1-10(2,3)8-6-7-4-5-9(8)11-7;1-2-3-4-5-6-7/h4-6H,1-3H3;7H,2-6H2,1H3. The molecule has 0 aliphatic carbocycles. The van der Waals surface area contributed by atoms with Crippen LogP contribution in [-0.2, 0) is 5.41 Å². The van der Waals surface area contributed by atoms with Gasteiger partial charge in [-0.25, -0.2) is 0 Å². The molecule has 2 nitrogen and oxygen atoms in total. The van der Waals surface area contributed by atoms with Gasteiger partial charge in [0, 0.05) is 12.2 Å². The zero-order valence-electron chi connectivity index (χ0n) is 12.1. The zero-order chi connectivity index (χ0) is 13.6. The number of hydrogen-bond donors (Lipinski definition) is 1. The van der Waals surface area contributed by atoms with Crippen LogP contribution in [0.2, 0.25) is 0 Å². The lowest BCUT2D eigenvalue weighted by Gasteiger charge is -2.16. The Hall–Kier alpha value is -1.02. The van der Waals surface area contributed by atoms with Gasteiger partial charge in [-0.3, -0.25) is 0 Å². The predicted octanol–water partition coefficient (Wildman–Crippen LogP) is 4.73. The van der Waals surface area contributed by atoms with Crippen LogP contribution in [0.15, 0.2) is 22.6 Å². The van der Waals surface area contributed by atoms with Crippen LogP contribution in [0.5, 0.6) is 0 Å². The molecule has 0 aliphatic heterocycles. The minimum absolute atomic E-state index is 0.210. The SMILES string of the molecule is CC(C)(C)c1cc2ccc1o2.CCCCCCO. The molecule has 0 fully saturated rings. The summed E-state index contributed by atoms with van der Waals surface area (Å²) in [7, 11) is 0. The fourth-order valence-electron chi connectivity index (χ4n) is 1.91. The number of hydrogen-bond acceptors (Lipinski definition) is 2. The Morgan fingerprint density at radius 1 is 1.11 bits per heavy atom. The van der Waals surface area contributed by atoms with Crippen LogP contribution in [-0.4, -0.2) is 11.7 Å². The van der Waals surface area contributed by atoms with Gasteiger partial charge in [0.2, 0.25) is 0 Å². The van der Waals surface area contributed by atoms with Crippen LogP contribution in [0.1, 0.15) is 58.9 Å². The van der Waals surface area contributed by atoms with E-state index < -0.39 is 0 Å². The van der Waals surface area contributed by atoms with E-state index in [4.69, 9.17) is 9.52 Å². The van der Waals surface area contributed by atoms with E-state index in [-0.39, 0.29) is 5.41 Å². The molecule has 0 unspecified atom stereocenters. The van der Waals surface area contributed by atoms with Crippen molar-refractivity contribution in [1.29, 1.82) is 0 Å². The molecule has 0 amide bonds. The molecule has 2 heteroatoms. The van der Waals surface area contributed by atoms with Gasteiger partial charge < -0.3 is 9.52 Å². The molecule has 0 radical (unpaired) electrons. The molecule has 2 aromatic heterocycles. The van der Waals surface area contributed by atoms with Gasteiger partial charge >= 0.3 is 0 Å². The van der Waals surface area contributed by atoms with Crippen LogP contribution in [0.25, 0.3) is 11.2 Å². The molecule has 2 rings (SSSR count). The van der Waals surface area contributed by atoms with Crippen molar-refractivity contribution in [1.82, 2.24) is 0 Å². The van der Waals surface area contributed by atoms with Crippen molar-refractivity contribution in [2.75, 3.05) is 6.61 Å². The van der Waals surface area contributed by atoms with Gasteiger partial charge in [0.1, 0.15) is 11.2 Å². The van der Waals surface area contributed by atoms with E-state index in [1.54, 1.807) is 0 Å². The fraction of sp³-hybridized carbons (Fsp3) is 0.625. The first-order chi connectivity index (χ1) is 8.49. The maximum absolute atomic E-state index is 8.29. The van der Waals surface area contributed by atoms with E-state index in [0.717, 1.165) is 17.6 Å². The van der Waals surface area contributed by atoms with Crippen LogP contribution in [0.4, 0.5) is 0 Å². The lowest BCUT2D eigenvalue weighted by molar-refractivity contribution is 0.283. The van der Waals surface area contributed by atoms with Gasteiger partial charge in [0.05, 0.1) is 0 Å². The van der Waals surface area contributed by atoms with Crippen molar-refractivity contribution in [3.63, 3.8) is 0 Å². The molecular weight excluding hydrogens is 224 g/mol. The molecule has 0 aliphatic rings. The molecule has 0 saturated carbocycles. The average Bonchev–Trinajstić information content (AvgIpc) is 2.91. The Labute approximate surface area is 110 Å². The van der Waals surface area contributed by atoms with Gasteiger partial charge in [-0.05, 0) is 30.0 Å². The highest BCUT2D eigenvalue weighted by molar-refractivity contribution is 5.67. The van der Waals surface area contributed by atoms with Crippen LogP contribution in [0, 0.1) is 0 Å². The highest BCUT2D eigenvalue weighted by atomic mass is 16.3. The van der Waals surface area contributed by atoms with Crippen LogP contribution in [0.3, 0.4) is 0 Å². The molecule has 2 heterocycles. The smallest absolute Gasteiger partial charge is 0.131 e. The molecule has 0 aromatic carbocycles. The van der Waals surface area contributed by atoms with Gasteiger partial charge in [0.25, 0.3) is 0 Å². The number of fused-ring (bicyclic) bond motifs is 2. The predicted molar refractivity (Wildman–Crippen MR) is 77.3 cm³/mol. The Kier molecular flexibility index (Phi) is 5.67. The largest absolute Gasteiger partial charge is 0.457 e. The summed E-state index contributed by atoms with van der Waals surface area (Å²) in [6.07, 6.45) is 4.68. The third-order valence-corrected chi connectivity index (χ3v) is 3.00. The minimum atomic E-state index is 0.210. The third kappa shape index (κ3) is 4.34. The average molecular weight is 250 g/mol. The van der Waals surface area contributed by atoms with Crippen molar-refractivity contribution in [2.45, 2.75) is 58.8 Å². The van der Waals surface area contributed by atoms with Gasteiger partial charge in [0.15, 0.2) is 0 Å². The van der Waals surface area contributed by atoms with Crippen molar-refractivity contribution in [3.8, 4) is 0 Å². The lowest BCUT2D eigenvalue weighted by atomic mass is 9.87. The normalized spacial score (nSPS) is 11.6. The Balaban J connectivity index is 0.000000203. The maximum Gasteiger partial charge on any atom is 0.131 e. The first-order valence-electron chi connectivity index (χ1n) is 6.92. The van der Waals surface area contributed by atoms with Crippen molar-refractivity contribution < 1.29 is 9.52 Å². The quantitative estimate of drug-likeness (QED) is 0.796. The summed E-state index contributed by atoms with van der Waals surface area (Å²) in [5, 5.41) is 8.29. The first kappa shape index (κ1) is 15.0. The van der Waals surface area contributed by atoms with Crippen LogP contribution < -0.4 is 0 Å². The Bertz CT molecular complexity index is 419. The first-order valence-corrected chi connectivity index (χ1v) is 6.92. The van der Waals surface area contributed by atoms with E-state index in [0.29, 0.717) is 6.61 Å². The van der Waals surface area contributed by atoms with Gasteiger partial charge in [-0.1, -0.05) is 47.0 Å². The van der Waals surface area contributed by atoms with Gasteiger partial charge in [-0.15, -0.1) is 0 Å². The molecule has 2 aromatic rings. The second-order valence-corrected chi connectivity index (χ2v) is 5.79. The second kappa shape index (κ2) is 6.79. The topological polar surface area (TPSA) is 33.4 Å². The highest BCUT2D eigenvalue weighted by Gasteiger charge is 2.19. The number of rotatable bonds is 4. The fourth-order valence-corrected chi connectivity index (χ4v) is 1.91. The highest BCUT2D eigenvalue weighted by Crippen LogP contribution is 2.32. The van der Waals surface area contributed by atoms with Crippen LogP contribution >= 0.6 is 0 Å². The zero-order valence-corrected chi connectivity index (χ0v) is 12.1. The molecule has 18 heavy (non-hydrogen) atoms. The molecule has 102 valence electrons. The Morgan fingerprint density at radius 2 is 1.83 bits per heavy atom. The van der Waals surface area contributed by atoms with Gasteiger partial charge in [-0.2, -0.15) is 0 Å². The maximum atomic E-state index is 8.29. The van der Waals surface area contributed by atoms with E-state index in [1.807, 2.05) is 12.1 Å². The summed E-state index contributed by atoms with van der Waals surface area (Å²) in [4.78, 5) is 0. The summed E-state index contributed by atoms with van der Waals surface area (Å²) in [5.41, 5.74) is 3.55. The number of benzene rings is 1. The molecule has 2 bridgehead atoms. The summed E-state index contributed by atoms with van der Waals surface area (Å²) in [5.74, 6) is 0. The summed E-state index contributed by atoms with van der Waals surface area (Å²) in [6.45, 7) is 9.12. The molecule has 0 saturated heterocycles. The summed E-state index contributed by atoms with van der Waals surface area (Å²) >= 11 is 0. The van der Waals surface area contributed by atoms with E-state index in [2.05, 4.69) is 33.8 Å². The molecule has 0 atom stereocenters. The van der Waals surface area contributed by atoms with E-state index in [1.165, 1.54) is 24.8 Å². The van der Waals surface area contributed by atoms with Crippen molar-refractivity contribution in [3.05, 3.63) is 23.8 Å². The Morgan fingerprint density at radius 3 is 2.17 bits per heavy atom. The molecule has 1 N–H and O–H groups in total. The lowest BCUT2D eigenvalue weighted by Crippen LogP contribution is -2.09. The summed E-state index contributed by atoms with van der Waals surface area (Å²) < 4.78 is 5.44. The van der Waals surface area contributed by atoms with Crippen molar-refractivity contribution >= 4 is 11.2 Å². The molecule has 0 spiro atoms. The summed E-state index contributed by atoms with van der Waals surface area (Å²) in [6, 6.07) is 6.16. The second-order valence-electron chi connectivity index (χ2n) is 5.79. The van der Waals surface area contributed by atoms with E-state index >= 15 is 0 Å². The number of aliphatic hydroxyl groups excluding tert-OH is 1. The minimum Gasteiger partial charge on any atom is -0.457 e. The molecular formula is C16H26O2.